The molecule has 5 heteroatoms. The predicted molar refractivity (Wildman–Crippen MR) is 117 cm³/mol. The van der Waals surface area contributed by atoms with Crippen LogP contribution in [0, 0.1) is 18.8 Å². The zero-order valence-corrected chi connectivity index (χ0v) is 18.7. The van der Waals surface area contributed by atoms with Gasteiger partial charge in [0.2, 0.25) is 10.0 Å². The topological polar surface area (TPSA) is 58.2 Å². The van der Waals surface area contributed by atoms with E-state index in [4.69, 9.17) is 0 Å². The summed E-state index contributed by atoms with van der Waals surface area (Å²) in [4.78, 5) is 0.297. The van der Waals surface area contributed by atoms with Crippen LogP contribution >= 0.6 is 0 Å². The summed E-state index contributed by atoms with van der Waals surface area (Å²) in [6, 6.07) is 16.5. The lowest BCUT2D eigenvalue weighted by Gasteiger charge is -2.34. The largest absolute Gasteiger partial charge is 0.312 e. The molecule has 0 unspecified atom stereocenters. The average molecular weight is 403 g/mol. The minimum atomic E-state index is -3.63. The number of hydrogen-bond acceptors (Lipinski definition) is 3. The second-order valence-electron chi connectivity index (χ2n) is 8.86. The smallest absolute Gasteiger partial charge is 0.241 e. The van der Waals surface area contributed by atoms with Crippen molar-refractivity contribution in [2.75, 3.05) is 6.54 Å². The third-order valence-electron chi connectivity index (χ3n) is 4.92. The molecule has 0 spiro atoms. The number of rotatable bonds is 8. The van der Waals surface area contributed by atoms with E-state index in [9.17, 15) is 8.42 Å². The molecule has 4 nitrogen and oxygen atoms in total. The molecule has 0 aliphatic heterocycles. The van der Waals surface area contributed by atoms with Gasteiger partial charge < -0.3 is 5.32 Å². The van der Waals surface area contributed by atoms with Gasteiger partial charge >= 0.3 is 0 Å². The van der Waals surface area contributed by atoms with Crippen LogP contribution in [0.15, 0.2) is 59.5 Å². The Morgan fingerprint density at radius 3 is 2.00 bits per heavy atom. The number of sulfonamides is 1. The van der Waals surface area contributed by atoms with Crippen LogP contribution in [0.5, 0.6) is 0 Å². The molecule has 0 heterocycles. The highest BCUT2D eigenvalue weighted by atomic mass is 32.2. The Morgan fingerprint density at radius 2 is 1.50 bits per heavy atom. The predicted octanol–water partition coefficient (Wildman–Crippen LogP) is 4.67. The van der Waals surface area contributed by atoms with E-state index in [1.165, 1.54) is 0 Å². The number of hydrogen-bond donors (Lipinski definition) is 2. The SMILES string of the molecule is Cc1ccc(S(=O)(=O)N[C@H](c2ccccc2)[C@H](CNC(C)(C)C)C(C)C)cc1. The molecule has 0 amide bonds. The van der Waals surface area contributed by atoms with Crippen molar-refractivity contribution < 1.29 is 8.42 Å². The molecule has 2 atom stereocenters. The van der Waals surface area contributed by atoms with Crippen molar-refractivity contribution in [3.63, 3.8) is 0 Å². The van der Waals surface area contributed by atoms with Crippen molar-refractivity contribution in [1.82, 2.24) is 10.0 Å². The van der Waals surface area contributed by atoms with Crippen molar-refractivity contribution in [3.8, 4) is 0 Å². The summed E-state index contributed by atoms with van der Waals surface area (Å²) in [7, 11) is -3.63. The van der Waals surface area contributed by atoms with E-state index >= 15 is 0 Å². The lowest BCUT2D eigenvalue weighted by atomic mass is 9.84. The summed E-state index contributed by atoms with van der Waals surface area (Å²) in [6.07, 6.45) is 0. The summed E-state index contributed by atoms with van der Waals surface area (Å²) in [5.74, 6) is 0.391. The molecule has 154 valence electrons. The second-order valence-corrected chi connectivity index (χ2v) is 10.6. The van der Waals surface area contributed by atoms with Gasteiger partial charge in [0.25, 0.3) is 0 Å². The van der Waals surface area contributed by atoms with Crippen molar-refractivity contribution in [2.45, 2.75) is 58.0 Å². The Morgan fingerprint density at radius 1 is 0.929 bits per heavy atom. The van der Waals surface area contributed by atoms with Gasteiger partial charge in [0.1, 0.15) is 0 Å². The lowest BCUT2D eigenvalue weighted by molar-refractivity contribution is 0.263. The number of nitrogens with one attached hydrogen (secondary N) is 2. The fourth-order valence-electron chi connectivity index (χ4n) is 3.18. The molecule has 2 aromatic rings. The minimum Gasteiger partial charge on any atom is -0.312 e. The first-order valence-corrected chi connectivity index (χ1v) is 11.4. The molecule has 28 heavy (non-hydrogen) atoms. The van der Waals surface area contributed by atoms with Crippen LogP contribution in [-0.2, 0) is 10.0 Å². The maximum atomic E-state index is 13.1. The van der Waals surface area contributed by atoms with E-state index in [-0.39, 0.29) is 17.5 Å². The van der Waals surface area contributed by atoms with Crippen LogP contribution in [0.1, 0.15) is 51.8 Å². The lowest BCUT2D eigenvalue weighted by Crippen LogP contribution is -2.45. The summed E-state index contributed by atoms with van der Waals surface area (Å²) in [6.45, 7) is 13.3. The first-order valence-electron chi connectivity index (χ1n) is 9.88. The van der Waals surface area contributed by atoms with Gasteiger partial charge in [-0.05, 0) is 57.2 Å². The van der Waals surface area contributed by atoms with Crippen LogP contribution in [0.4, 0.5) is 0 Å². The summed E-state index contributed by atoms with van der Waals surface area (Å²) in [5.41, 5.74) is 1.98. The third-order valence-corrected chi connectivity index (χ3v) is 6.38. The molecule has 0 aliphatic rings. The van der Waals surface area contributed by atoms with Crippen molar-refractivity contribution in [2.24, 2.45) is 11.8 Å². The van der Waals surface area contributed by atoms with Crippen molar-refractivity contribution in [1.29, 1.82) is 0 Å². The highest BCUT2D eigenvalue weighted by molar-refractivity contribution is 7.89. The fourth-order valence-corrected chi connectivity index (χ4v) is 4.45. The quantitative estimate of drug-likeness (QED) is 0.674. The molecule has 0 fully saturated rings. The van der Waals surface area contributed by atoms with Crippen LogP contribution in [0.2, 0.25) is 0 Å². The van der Waals surface area contributed by atoms with Gasteiger partial charge in [-0.15, -0.1) is 0 Å². The zero-order chi connectivity index (χ0) is 20.9. The molecular formula is C23H34N2O2S. The Labute approximate surface area is 170 Å². The Bertz CT molecular complexity index is 838. The van der Waals surface area contributed by atoms with E-state index in [1.54, 1.807) is 12.1 Å². The van der Waals surface area contributed by atoms with Gasteiger partial charge in [0.15, 0.2) is 0 Å². The first kappa shape index (κ1) is 22.6. The van der Waals surface area contributed by atoms with E-state index in [0.29, 0.717) is 10.8 Å². The van der Waals surface area contributed by atoms with Gasteiger partial charge in [0.05, 0.1) is 10.9 Å². The zero-order valence-electron chi connectivity index (χ0n) is 17.9. The first-order chi connectivity index (χ1) is 13.0. The standard InChI is InChI=1S/C23H34N2O2S/c1-17(2)21(16-24-23(4,5)6)22(19-10-8-7-9-11-19)25-28(26,27)20-14-12-18(3)13-15-20/h7-15,17,21-22,24-25H,16H2,1-6H3/t21-,22-/m1/s1. The molecular weight excluding hydrogens is 368 g/mol. The molecule has 0 bridgehead atoms. The number of benzene rings is 2. The Kier molecular flexibility index (Phi) is 7.43. The third kappa shape index (κ3) is 6.43. The van der Waals surface area contributed by atoms with Crippen molar-refractivity contribution in [3.05, 3.63) is 65.7 Å². The van der Waals surface area contributed by atoms with E-state index < -0.39 is 10.0 Å². The summed E-state index contributed by atoms with van der Waals surface area (Å²) >= 11 is 0. The van der Waals surface area contributed by atoms with E-state index in [1.807, 2.05) is 49.4 Å². The monoisotopic (exact) mass is 402 g/mol. The molecule has 0 saturated heterocycles. The molecule has 2 aromatic carbocycles. The maximum Gasteiger partial charge on any atom is 0.241 e. The average Bonchev–Trinajstić information content (AvgIpc) is 2.60. The highest BCUT2D eigenvalue weighted by Gasteiger charge is 2.31. The Hall–Kier alpha value is -1.69. The molecule has 0 radical (unpaired) electrons. The Balaban J connectivity index is 2.39. The van der Waals surface area contributed by atoms with Crippen molar-refractivity contribution >= 4 is 10.0 Å². The van der Waals surface area contributed by atoms with Gasteiger partial charge in [-0.2, -0.15) is 0 Å². The molecule has 0 aliphatic carbocycles. The van der Waals surface area contributed by atoms with Gasteiger partial charge in [-0.3, -0.25) is 0 Å². The summed E-state index contributed by atoms with van der Waals surface area (Å²) < 4.78 is 29.2. The molecule has 2 N–H and O–H groups in total. The van der Waals surface area contributed by atoms with Gasteiger partial charge in [-0.25, -0.2) is 13.1 Å². The maximum absolute atomic E-state index is 13.1. The van der Waals surface area contributed by atoms with Crippen LogP contribution in [-0.4, -0.2) is 20.5 Å². The van der Waals surface area contributed by atoms with Crippen LogP contribution < -0.4 is 10.0 Å². The fraction of sp³-hybridized carbons (Fsp3) is 0.478. The molecule has 0 aromatic heterocycles. The van der Waals surface area contributed by atoms with Crippen LogP contribution in [0.25, 0.3) is 0 Å². The normalized spacial score (nSPS) is 14.8. The van der Waals surface area contributed by atoms with E-state index in [2.05, 4.69) is 44.7 Å². The van der Waals surface area contributed by atoms with Gasteiger partial charge in [0, 0.05) is 12.1 Å². The molecule has 0 saturated carbocycles. The number of aryl methyl sites for hydroxylation is 1. The summed E-state index contributed by atoms with van der Waals surface area (Å²) in [5, 5.41) is 3.55. The minimum absolute atomic E-state index is 0.0375. The highest BCUT2D eigenvalue weighted by Crippen LogP contribution is 2.30. The van der Waals surface area contributed by atoms with Crippen LogP contribution in [0.3, 0.4) is 0 Å². The van der Waals surface area contributed by atoms with Gasteiger partial charge in [-0.1, -0.05) is 61.9 Å². The molecule has 2 rings (SSSR count). The van der Waals surface area contributed by atoms with E-state index in [0.717, 1.165) is 17.7 Å². The second kappa shape index (κ2) is 9.21.